The third-order valence-corrected chi connectivity index (χ3v) is 2.61. The number of aliphatic carboxylic acids is 1. The molecule has 0 aliphatic rings. The Morgan fingerprint density at radius 2 is 1.86 bits per heavy atom. The normalized spacial score (nSPS) is 11.1. The van der Waals surface area contributed by atoms with E-state index in [1.165, 1.54) is 0 Å². The van der Waals surface area contributed by atoms with Gasteiger partial charge in [-0.15, -0.1) is 0 Å². The van der Waals surface area contributed by atoms with Crippen molar-refractivity contribution in [3.8, 4) is 0 Å². The fourth-order valence-corrected chi connectivity index (χ4v) is 1.64. The van der Waals surface area contributed by atoms with Crippen molar-refractivity contribution in [2.75, 3.05) is 6.61 Å². The maximum atomic E-state index is 10.4. The minimum absolute atomic E-state index is 0.0536. The summed E-state index contributed by atoms with van der Waals surface area (Å²) >= 11 is 0. The molecule has 0 radical (unpaired) electrons. The second kappa shape index (κ2) is 7.74. The number of aromatic nitrogens is 2. The van der Waals surface area contributed by atoms with Gasteiger partial charge in [-0.25, -0.2) is 9.97 Å². The van der Waals surface area contributed by atoms with Crippen molar-refractivity contribution in [1.29, 1.82) is 0 Å². The lowest BCUT2D eigenvalue weighted by atomic mass is 10.1. The summed E-state index contributed by atoms with van der Waals surface area (Å²) in [6.07, 6.45) is 3.71. The molecule has 0 amide bonds. The van der Waals surface area contributed by atoms with Gasteiger partial charge in [-0.3, -0.25) is 4.79 Å². The fraction of sp³-hybridized carbons (Fsp3) is 0.200. The van der Waals surface area contributed by atoms with Gasteiger partial charge in [0.05, 0.1) is 0 Å². The van der Waals surface area contributed by atoms with Gasteiger partial charge in [0.25, 0.3) is 0 Å². The first kappa shape index (κ1) is 14.6. The lowest BCUT2D eigenvalue weighted by Gasteiger charge is -2.05. The summed E-state index contributed by atoms with van der Waals surface area (Å²) in [5.41, 5.74) is 1.36. The fourth-order valence-electron chi connectivity index (χ4n) is 1.64. The molecule has 0 atom stereocenters. The van der Waals surface area contributed by atoms with Crippen molar-refractivity contribution < 1.29 is 14.7 Å². The number of carbonyl (C=O) groups is 1. The number of rotatable bonds is 7. The van der Waals surface area contributed by atoms with E-state index in [1.807, 2.05) is 30.3 Å². The molecule has 0 saturated carbocycles. The molecule has 6 heteroatoms. The van der Waals surface area contributed by atoms with E-state index >= 15 is 0 Å². The Hall–Kier alpha value is -2.76. The van der Waals surface area contributed by atoms with Gasteiger partial charge in [0.2, 0.25) is 0 Å². The predicted molar refractivity (Wildman–Crippen MR) is 76.9 cm³/mol. The van der Waals surface area contributed by atoms with Crippen molar-refractivity contribution in [2.45, 2.75) is 12.8 Å². The Bertz CT molecular complexity index is 559. The van der Waals surface area contributed by atoms with Gasteiger partial charge >= 0.3 is 5.97 Å². The Balaban J connectivity index is 2.11. The largest absolute Gasteiger partial charge is 0.481 e. The lowest BCUT2D eigenvalue weighted by Crippen LogP contribution is -2.09. The maximum Gasteiger partial charge on any atom is 0.303 e. The number of carboxylic acids is 1. The smallest absolute Gasteiger partial charge is 0.303 e. The van der Waals surface area contributed by atoms with Gasteiger partial charge in [-0.1, -0.05) is 35.5 Å². The van der Waals surface area contributed by atoms with E-state index in [-0.39, 0.29) is 13.0 Å². The molecule has 0 saturated heterocycles. The molecule has 1 heterocycles. The monoisotopic (exact) mass is 285 g/mol. The highest BCUT2D eigenvalue weighted by Gasteiger charge is 2.10. The molecule has 0 aliphatic carbocycles. The van der Waals surface area contributed by atoms with Crippen LogP contribution in [-0.4, -0.2) is 33.4 Å². The first-order valence-electron chi connectivity index (χ1n) is 6.52. The molecular weight excluding hydrogens is 270 g/mol. The summed E-state index contributed by atoms with van der Waals surface area (Å²) in [6, 6.07) is 11.2. The summed E-state index contributed by atoms with van der Waals surface area (Å²) < 4.78 is 0. The van der Waals surface area contributed by atoms with Crippen LogP contribution in [0.2, 0.25) is 0 Å². The van der Waals surface area contributed by atoms with E-state index in [0.717, 1.165) is 5.56 Å². The molecule has 6 nitrogen and oxygen atoms in total. The van der Waals surface area contributed by atoms with Crippen LogP contribution in [0.4, 0.5) is 0 Å². The Morgan fingerprint density at radius 1 is 1.14 bits per heavy atom. The van der Waals surface area contributed by atoms with Gasteiger partial charge in [0.1, 0.15) is 6.61 Å². The highest BCUT2D eigenvalue weighted by Crippen LogP contribution is 2.07. The molecule has 2 aromatic rings. The van der Waals surface area contributed by atoms with Crippen LogP contribution in [-0.2, 0) is 9.63 Å². The minimum atomic E-state index is -0.850. The molecule has 0 bridgehead atoms. The summed E-state index contributed by atoms with van der Waals surface area (Å²) in [6.45, 7) is 0.232. The molecule has 0 spiro atoms. The van der Waals surface area contributed by atoms with Gasteiger partial charge in [0.15, 0.2) is 11.5 Å². The van der Waals surface area contributed by atoms with Crippen molar-refractivity contribution >= 4 is 11.7 Å². The number of oxime groups is 1. The van der Waals surface area contributed by atoms with E-state index in [0.29, 0.717) is 18.0 Å². The molecule has 21 heavy (non-hydrogen) atoms. The van der Waals surface area contributed by atoms with Gasteiger partial charge in [-0.2, -0.15) is 0 Å². The number of nitrogens with zero attached hydrogens (tertiary/aromatic N) is 3. The SMILES string of the molecule is O=C(O)CCCO/N=C(\c1ccccc1)c1ncccn1. The van der Waals surface area contributed by atoms with Crippen LogP contribution in [0.3, 0.4) is 0 Å². The summed E-state index contributed by atoms with van der Waals surface area (Å²) in [4.78, 5) is 24.0. The molecule has 0 aliphatic heterocycles. The third kappa shape index (κ3) is 4.68. The number of hydrogen-bond donors (Lipinski definition) is 1. The maximum absolute atomic E-state index is 10.4. The van der Waals surface area contributed by atoms with Crippen LogP contribution in [0.15, 0.2) is 53.9 Å². The van der Waals surface area contributed by atoms with Crippen LogP contribution >= 0.6 is 0 Å². The Morgan fingerprint density at radius 3 is 2.52 bits per heavy atom. The molecule has 0 unspecified atom stereocenters. The van der Waals surface area contributed by atoms with Crippen molar-refractivity contribution in [1.82, 2.24) is 9.97 Å². The van der Waals surface area contributed by atoms with Gasteiger partial charge in [0, 0.05) is 24.4 Å². The first-order valence-corrected chi connectivity index (χ1v) is 6.52. The summed E-state index contributed by atoms with van der Waals surface area (Å²) in [5.74, 6) is -0.390. The minimum Gasteiger partial charge on any atom is -0.481 e. The number of benzene rings is 1. The average Bonchev–Trinajstić information content (AvgIpc) is 2.52. The van der Waals surface area contributed by atoms with Crippen LogP contribution in [0, 0.1) is 0 Å². The van der Waals surface area contributed by atoms with Crippen molar-refractivity contribution in [3.05, 3.63) is 60.2 Å². The Labute approximate surface area is 122 Å². The molecule has 1 aromatic carbocycles. The van der Waals surface area contributed by atoms with Crippen LogP contribution < -0.4 is 0 Å². The average molecular weight is 285 g/mol. The molecule has 0 fully saturated rings. The molecule has 1 N–H and O–H groups in total. The second-order valence-corrected chi connectivity index (χ2v) is 4.21. The van der Waals surface area contributed by atoms with Gasteiger partial charge < -0.3 is 9.94 Å². The standard InChI is InChI=1S/C15H15N3O3/c19-13(20)8-4-11-21-18-14(12-6-2-1-3-7-12)15-16-9-5-10-17-15/h1-3,5-7,9-10H,4,8,11H2,(H,19,20)/b18-14+. The lowest BCUT2D eigenvalue weighted by molar-refractivity contribution is -0.137. The highest BCUT2D eigenvalue weighted by molar-refractivity contribution is 6.10. The van der Waals surface area contributed by atoms with Crippen LogP contribution in [0.1, 0.15) is 24.2 Å². The van der Waals surface area contributed by atoms with Crippen LogP contribution in [0.25, 0.3) is 0 Å². The summed E-state index contributed by atoms with van der Waals surface area (Å²) in [5, 5.41) is 12.6. The van der Waals surface area contributed by atoms with Crippen LogP contribution in [0.5, 0.6) is 0 Å². The zero-order chi connectivity index (χ0) is 14.9. The highest BCUT2D eigenvalue weighted by atomic mass is 16.6. The quantitative estimate of drug-likeness (QED) is 0.478. The van der Waals surface area contributed by atoms with E-state index < -0.39 is 5.97 Å². The van der Waals surface area contributed by atoms with E-state index in [2.05, 4.69) is 15.1 Å². The van der Waals surface area contributed by atoms with Crippen molar-refractivity contribution in [2.24, 2.45) is 5.16 Å². The predicted octanol–water partition coefficient (Wildman–Crippen LogP) is 2.11. The molecule has 1 aromatic heterocycles. The van der Waals surface area contributed by atoms with E-state index in [1.54, 1.807) is 18.5 Å². The Kier molecular flexibility index (Phi) is 5.40. The number of hydrogen-bond acceptors (Lipinski definition) is 5. The molecule has 108 valence electrons. The zero-order valence-corrected chi connectivity index (χ0v) is 11.3. The molecular formula is C15H15N3O3. The molecule has 2 rings (SSSR count). The third-order valence-electron chi connectivity index (χ3n) is 2.61. The topological polar surface area (TPSA) is 84.7 Å². The van der Waals surface area contributed by atoms with E-state index in [4.69, 9.17) is 9.94 Å². The van der Waals surface area contributed by atoms with E-state index in [9.17, 15) is 4.79 Å². The second-order valence-electron chi connectivity index (χ2n) is 4.21. The zero-order valence-electron chi connectivity index (χ0n) is 11.3. The van der Waals surface area contributed by atoms with Gasteiger partial charge in [-0.05, 0) is 12.5 Å². The van der Waals surface area contributed by atoms with Crippen molar-refractivity contribution in [3.63, 3.8) is 0 Å². The number of carboxylic acid groups (broad SMARTS) is 1. The summed E-state index contributed by atoms with van der Waals surface area (Å²) in [7, 11) is 0. The first-order chi connectivity index (χ1) is 10.3.